The number of carbonyl (C=O) groups is 2. The number of hydrogen-bond acceptors (Lipinski definition) is 16. The molecule has 2 atom stereocenters. The van der Waals surface area contributed by atoms with Gasteiger partial charge in [0, 0.05) is 91.2 Å². The number of halogens is 1. The zero-order valence-corrected chi connectivity index (χ0v) is 42.9. The number of likely N-dealkylation sites (N-methyl/N-ethyl adjacent to an activating group) is 2. The lowest BCUT2D eigenvalue weighted by Crippen LogP contribution is -2.23. The molecule has 2 unspecified atom stereocenters. The number of nitrogens with zero attached hydrogens (tertiary/aromatic N) is 12. The quantitative estimate of drug-likeness (QED) is 0.101. The van der Waals surface area contributed by atoms with E-state index in [1.165, 1.54) is 46.4 Å². The van der Waals surface area contributed by atoms with Gasteiger partial charge in [0.05, 0.1) is 32.0 Å². The Balaban J connectivity index is 0.000000205. The van der Waals surface area contributed by atoms with Gasteiger partial charge in [-0.05, 0) is 100 Å². The topological polar surface area (TPSA) is 265 Å². The van der Waals surface area contributed by atoms with Gasteiger partial charge < -0.3 is 31.5 Å². The van der Waals surface area contributed by atoms with Gasteiger partial charge in [-0.3, -0.25) is 19.0 Å². The Hall–Kier alpha value is -5.73. The largest absolute Gasteiger partial charge is 0.353 e. The molecule has 0 bridgehead atoms. The second-order valence-corrected chi connectivity index (χ2v) is 22.0. The minimum absolute atomic E-state index is 0.0208. The average molecular weight is 1010 g/mol. The smallest absolute Gasteiger partial charge is 0.242 e. The highest BCUT2D eigenvalue weighted by molar-refractivity contribution is 7.89. The molecule has 0 saturated carbocycles. The number of nitrogens with one attached hydrogen (secondary N) is 3. The van der Waals surface area contributed by atoms with Crippen LogP contribution in [0.25, 0.3) is 22.1 Å². The van der Waals surface area contributed by atoms with E-state index < -0.39 is 31.9 Å². The number of aryl methyl sites for hydroxylation is 2. The third kappa shape index (κ3) is 11.7. The monoisotopic (exact) mass is 1010 g/mol. The summed E-state index contributed by atoms with van der Waals surface area (Å²) in [6.45, 7) is 8.61. The van der Waals surface area contributed by atoms with Gasteiger partial charge in [-0.25, -0.2) is 35.4 Å². The number of hydrogen-bond donors (Lipinski definition) is 4. The van der Waals surface area contributed by atoms with Gasteiger partial charge >= 0.3 is 0 Å². The van der Waals surface area contributed by atoms with Crippen LogP contribution < -0.4 is 21.7 Å². The molecule has 4 aromatic heterocycles. The molecular formula is C44H61ClN16O6S2. The predicted molar refractivity (Wildman–Crippen MR) is 266 cm³/mol. The molecule has 372 valence electrons. The summed E-state index contributed by atoms with van der Waals surface area (Å²) in [6, 6.07) is 9.24. The van der Waals surface area contributed by atoms with E-state index in [9.17, 15) is 26.4 Å². The Labute approximate surface area is 407 Å². The summed E-state index contributed by atoms with van der Waals surface area (Å²) in [6.07, 6.45) is 5.41. The molecule has 25 heteroatoms. The first-order chi connectivity index (χ1) is 32.6. The van der Waals surface area contributed by atoms with Crippen LogP contribution in [0.3, 0.4) is 0 Å². The van der Waals surface area contributed by atoms with E-state index in [1.54, 1.807) is 33.8 Å². The normalized spacial score (nSPS) is 15.6. The van der Waals surface area contributed by atoms with Gasteiger partial charge in [0.1, 0.15) is 11.8 Å². The molecule has 8 rings (SSSR count). The number of benzene rings is 2. The van der Waals surface area contributed by atoms with Gasteiger partial charge in [0.25, 0.3) is 0 Å². The first-order valence-electron chi connectivity index (χ1n) is 22.2. The predicted octanol–water partition coefficient (Wildman–Crippen LogP) is 3.27. The fraction of sp³-hybridized carbons (Fsp3) is 0.455. The lowest BCUT2D eigenvalue weighted by molar-refractivity contribution is -0.117. The van der Waals surface area contributed by atoms with Crippen molar-refractivity contribution in [1.29, 1.82) is 0 Å². The van der Waals surface area contributed by atoms with Gasteiger partial charge in [0.15, 0.2) is 11.3 Å². The second-order valence-electron chi connectivity index (χ2n) is 17.3. The van der Waals surface area contributed by atoms with Crippen LogP contribution in [-0.2, 0) is 42.7 Å². The summed E-state index contributed by atoms with van der Waals surface area (Å²) in [7, 11) is 6.51. The molecular weight excluding hydrogens is 948 g/mol. The molecule has 2 aromatic carbocycles. The van der Waals surface area contributed by atoms with Crippen molar-refractivity contribution in [2.45, 2.75) is 61.4 Å². The van der Waals surface area contributed by atoms with Crippen molar-refractivity contribution in [2.75, 3.05) is 98.5 Å². The maximum absolute atomic E-state index is 13.1. The Morgan fingerprint density at radius 3 is 1.52 bits per heavy atom. The molecule has 0 fully saturated rings. The fourth-order valence-electron chi connectivity index (χ4n) is 7.54. The highest BCUT2D eigenvalue weighted by Gasteiger charge is 2.38. The maximum atomic E-state index is 13.1. The van der Waals surface area contributed by atoms with Gasteiger partial charge in [-0.1, -0.05) is 13.8 Å². The zero-order chi connectivity index (χ0) is 50.5. The number of aromatic nitrogens is 8. The number of nitrogens with two attached hydrogens (primary N) is 1. The number of carbonyl (C=O) groups excluding carboxylic acids is 2. The number of amides is 2. The van der Waals surface area contributed by atoms with Crippen molar-refractivity contribution in [3.8, 4) is 0 Å². The SMILES string of the molecule is CCCn1cc2c(C3C(=O)Nc4ccc(S(=O)(=O)N(C)C)cc43)nc(Cl)nc2n1.CCCn1cc2c(C3C(=O)Nc4ccc(S(=O)(=O)N(C)C)cc43)nc(NCCN(C)C)nc2n1.CN(C)CCN. The van der Waals surface area contributed by atoms with Gasteiger partial charge in [-0.2, -0.15) is 20.2 Å². The molecule has 6 heterocycles. The van der Waals surface area contributed by atoms with E-state index >= 15 is 0 Å². The Bertz CT molecular complexity index is 3070. The summed E-state index contributed by atoms with van der Waals surface area (Å²) in [5.41, 5.74) is 9.17. The van der Waals surface area contributed by atoms with E-state index in [4.69, 9.17) is 22.3 Å². The molecule has 5 N–H and O–H groups in total. The average Bonchev–Trinajstić information content (AvgIpc) is 4.04. The van der Waals surface area contributed by atoms with E-state index in [1.807, 2.05) is 46.2 Å². The van der Waals surface area contributed by atoms with Crippen LogP contribution in [0.5, 0.6) is 0 Å². The third-order valence-electron chi connectivity index (χ3n) is 11.0. The van der Waals surface area contributed by atoms with Crippen molar-refractivity contribution in [2.24, 2.45) is 5.73 Å². The molecule has 0 radical (unpaired) electrons. The minimum Gasteiger partial charge on any atom is -0.353 e. The lowest BCUT2D eigenvalue weighted by atomic mass is 9.95. The van der Waals surface area contributed by atoms with Crippen LogP contribution in [0.1, 0.15) is 61.0 Å². The third-order valence-corrected chi connectivity index (χ3v) is 14.8. The summed E-state index contributed by atoms with van der Waals surface area (Å²) < 4.78 is 56.4. The second kappa shape index (κ2) is 21.9. The first-order valence-corrected chi connectivity index (χ1v) is 25.5. The Kier molecular flexibility index (Phi) is 16.7. The summed E-state index contributed by atoms with van der Waals surface area (Å²) in [5, 5.41) is 19.1. The number of rotatable bonds is 16. The molecule has 6 aromatic rings. The molecule has 69 heavy (non-hydrogen) atoms. The Morgan fingerprint density at radius 2 is 1.12 bits per heavy atom. The summed E-state index contributed by atoms with van der Waals surface area (Å²) in [5.74, 6) is -1.80. The molecule has 22 nitrogen and oxygen atoms in total. The first kappa shape index (κ1) is 52.6. The molecule has 0 saturated heterocycles. The van der Waals surface area contributed by atoms with Crippen LogP contribution in [-0.4, -0.2) is 169 Å². The Morgan fingerprint density at radius 1 is 0.667 bits per heavy atom. The highest BCUT2D eigenvalue weighted by Crippen LogP contribution is 2.42. The van der Waals surface area contributed by atoms with Gasteiger partial charge in [-0.15, -0.1) is 0 Å². The molecule has 2 aliphatic rings. The molecule has 0 aliphatic carbocycles. The standard InChI is InChI=1S/C22H30N8O3S.C18H19ClN6O3S.C4H12N2/c1-6-10-30-13-16-19(25-22(26-20(16)27-30)23-9-11-28(2)3)18-15-12-14(34(32,33)29(4)5)7-8-17(15)24-21(18)31;1-4-7-25-9-12-15(21-18(19)22-16(12)23-25)14-11-8-10(29(27,28)24(2)3)5-6-13(11)20-17(14)26;1-6(2)4-3-5/h7-8,12-13,18H,6,9-11H2,1-5H3,(H,24,31)(H,23,26,27);5-6,8-9,14H,4,7H2,1-3H3,(H,20,26);3-5H2,1-2H3. The van der Waals surface area contributed by atoms with E-state index in [0.717, 1.165) is 41.1 Å². The highest BCUT2D eigenvalue weighted by atomic mass is 35.5. The van der Waals surface area contributed by atoms with Crippen LogP contribution in [0.4, 0.5) is 17.3 Å². The fourth-order valence-corrected chi connectivity index (χ4v) is 9.59. The van der Waals surface area contributed by atoms with Crippen LogP contribution in [0, 0.1) is 0 Å². The van der Waals surface area contributed by atoms with E-state index in [-0.39, 0.29) is 26.9 Å². The molecule has 2 aliphatic heterocycles. The van der Waals surface area contributed by atoms with E-state index in [2.05, 4.69) is 52.9 Å². The number of sulfonamides is 2. The number of fused-ring (bicyclic) bond motifs is 4. The maximum Gasteiger partial charge on any atom is 0.242 e. The molecule has 2 amide bonds. The molecule has 0 spiro atoms. The summed E-state index contributed by atoms with van der Waals surface area (Å²) >= 11 is 6.10. The van der Waals surface area contributed by atoms with Crippen LogP contribution in [0.2, 0.25) is 5.28 Å². The van der Waals surface area contributed by atoms with Crippen molar-refractivity contribution < 1.29 is 26.4 Å². The summed E-state index contributed by atoms with van der Waals surface area (Å²) in [4.78, 5) is 48.0. The van der Waals surface area contributed by atoms with Crippen molar-refractivity contribution in [3.63, 3.8) is 0 Å². The van der Waals surface area contributed by atoms with Gasteiger partial charge in [0.2, 0.25) is 43.1 Å². The lowest BCUT2D eigenvalue weighted by Gasteiger charge is -2.15. The van der Waals surface area contributed by atoms with Crippen molar-refractivity contribution in [3.05, 3.63) is 76.6 Å². The van der Waals surface area contributed by atoms with Crippen molar-refractivity contribution in [1.82, 2.24) is 57.9 Å². The minimum atomic E-state index is -3.67. The van der Waals surface area contributed by atoms with Crippen LogP contribution in [0.15, 0.2) is 58.6 Å². The van der Waals surface area contributed by atoms with Crippen molar-refractivity contribution >= 4 is 82.9 Å². The number of anilines is 3. The van der Waals surface area contributed by atoms with Crippen LogP contribution >= 0.6 is 11.6 Å². The van der Waals surface area contributed by atoms with E-state index in [0.29, 0.717) is 81.5 Å². The zero-order valence-electron chi connectivity index (χ0n) is 40.5.